The van der Waals surface area contributed by atoms with Gasteiger partial charge in [-0.15, -0.1) is 0 Å². The van der Waals surface area contributed by atoms with Crippen LogP contribution in [0.15, 0.2) is 72.8 Å². The molecule has 210 valence electrons. The summed E-state index contributed by atoms with van der Waals surface area (Å²) in [6.07, 6.45) is 0.247. The maximum atomic E-state index is 12.3. The minimum atomic E-state index is -0.556. The second-order valence-corrected chi connectivity index (χ2v) is 11.7. The van der Waals surface area contributed by atoms with Crippen LogP contribution < -0.4 is 9.47 Å². The lowest BCUT2D eigenvalue weighted by atomic mass is 9.92. The molecule has 0 aliphatic rings. The zero-order valence-corrected chi connectivity index (χ0v) is 24.2. The van der Waals surface area contributed by atoms with Crippen LogP contribution in [-0.4, -0.2) is 36.4 Å². The van der Waals surface area contributed by atoms with E-state index >= 15 is 0 Å². The van der Waals surface area contributed by atoms with Crippen LogP contribution in [0.1, 0.15) is 54.4 Å². The molecule has 0 unspecified atom stereocenters. The molecule has 0 aromatic heterocycles. The molecule has 0 radical (unpaired) electrons. The predicted octanol–water partition coefficient (Wildman–Crippen LogP) is 7.88. The van der Waals surface area contributed by atoms with Crippen molar-refractivity contribution in [2.75, 3.05) is 13.2 Å². The summed E-state index contributed by atoms with van der Waals surface area (Å²) in [6, 6.07) is 24.1. The summed E-state index contributed by atoms with van der Waals surface area (Å²) in [5, 5.41) is 4.07. The molecule has 0 saturated heterocycles. The van der Waals surface area contributed by atoms with E-state index in [4.69, 9.17) is 18.9 Å². The third kappa shape index (κ3) is 7.53. The lowest BCUT2D eigenvalue weighted by molar-refractivity contribution is -0.156. The molecule has 0 heterocycles. The Morgan fingerprint density at radius 2 is 0.925 bits per heavy atom. The average molecular weight is 543 g/mol. The molecule has 0 aliphatic carbocycles. The van der Waals surface area contributed by atoms with Crippen molar-refractivity contribution in [1.82, 2.24) is 0 Å². The summed E-state index contributed by atoms with van der Waals surface area (Å²) in [7, 11) is 0. The Labute approximate surface area is 236 Å². The number of esters is 2. The quantitative estimate of drug-likeness (QED) is 0.200. The van der Waals surface area contributed by atoms with Gasteiger partial charge < -0.3 is 18.9 Å². The fraction of sp³-hybridized carbons (Fsp3) is 0.353. The van der Waals surface area contributed by atoms with Crippen LogP contribution in [0, 0.1) is 0 Å². The van der Waals surface area contributed by atoms with Gasteiger partial charge in [0.15, 0.2) is 0 Å². The largest absolute Gasteiger partial charge is 0.492 e. The molecule has 4 aromatic rings. The first kappa shape index (κ1) is 28.9. The van der Waals surface area contributed by atoms with E-state index in [1.807, 2.05) is 90.1 Å². The second kappa shape index (κ2) is 12.0. The van der Waals surface area contributed by atoms with Gasteiger partial charge in [0.1, 0.15) is 22.7 Å². The first-order valence-corrected chi connectivity index (χ1v) is 13.6. The van der Waals surface area contributed by atoms with E-state index < -0.39 is 11.2 Å². The third-order valence-electron chi connectivity index (χ3n) is 6.00. The van der Waals surface area contributed by atoms with Crippen molar-refractivity contribution in [3.8, 4) is 22.6 Å². The SMILES string of the molecule is CC(C)(C)OC(=O)CCOc1ccc2ccccc2c1-c1c(OCCC(=O)OC(C)(C)C)ccc2ccccc12. The topological polar surface area (TPSA) is 71.1 Å². The van der Waals surface area contributed by atoms with Crippen molar-refractivity contribution in [2.45, 2.75) is 65.6 Å². The van der Waals surface area contributed by atoms with Gasteiger partial charge in [-0.1, -0.05) is 60.7 Å². The maximum Gasteiger partial charge on any atom is 0.309 e. The van der Waals surface area contributed by atoms with E-state index in [-0.39, 0.29) is 38.0 Å². The standard InChI is InChI=1S/C34H38O6/c1-33(2,3)39-29(35)19-21-37-27-17-15-23-11-7-9-13-25(23)31(27)32-26-14-10-8-12-24(26)16-18-28(32)38-22-20-30(36)40-34(4,5)6/h7-18H,19-22H2,1-6H3. The number of rotatable bonds is 9. The summed E-state index contributed by atoms with van der Waals surface area (Å²) in [5.41, 5.74) is 0.622. The van der Waals surface area contributed by atoms with Gasteiger partial charge in [-0.25, -0.2) is 0 Å². The van der Waals surface area contributed by atoms with Crippen molar-refractivity contribution in [3.05, 3.63) is 72.8 Å². The molecule has 0 bridgehead atoms. The van der Waals surface area contributed by atoms with Crippen LogP contribution in [0.4, 0.5) is 0 Å². The van der Waals surface area contributed by atoms with E-state index in [0.29, 0.717) is 11.5 Å². The normalized spacial score (nSPS) is 11.8. The van der Waals surface area contributed by atoms with Crippen molar-refractivity contribution in [1.29, 1.82) is 0 Å². The number of carbonyl (C=O) groups is 2. The summed E-state index contributed by atoms with van der Waals surface area (Å²) in [6.45, 7) is 11.4. The molecule has 0 saturated carbocycles. The van der Waals surface area contributed by atoms with Gasteiger partial charge >= 0.3 is 11.9 Å². The molecule has 0 aliphatic heterocycles. The molecule has 40 heavy (non-hydrogen) atoms. The number of fused-ring (bicyclic) bond motifs is 2. The molecule has 0 amide bonds. The van der Waals surface area contributed by atoms with Gasteiger partial charge in [-0.2, -0.15) is 0 Å². The molecule has 0 N–H and O–H groups in total. The molecular formula is C34H38O6. The van der Waals surface area contributed by atoms with E-state index in [9.17, 15) is 9.59 Å². The van der Waals surface area contributed by atoms with Crippen molar-refractivity contribution in [3.63, 3.8) is 0 Å². The molecule has 0 spiro atoms. The van der Waals surface area contributed by atoms with Crippen molar-refractivity contribution >= 4 is 33.5 Å². The minimum absolute atomic E-state index is 0.123. The van der Waals surface area contributed by atoms with Crippen LogP contribution >= 0.6 is 0 Å². The van der Waals surface area contributed by atoms with Gasteiger partial charge in [0, 0.05) is 11.1 Å². The van der Waals surface area contributed by atoms with Crippen LogP contribution in [-0.2, 0) is 19.1 Å². The zero-order valence-electron chi connectivity index (χ0n) is 24.2. The van der Waals surface area contributed by atoms with Crippen molar-refractivity contribution in [2.24, 2.45) is 0 Å². The second-order valence-electron chi connectivity index (χ2n) is 11.7. The molecule has 0 fully saturated rings. The fourth-order valence-electron chi connectivity index (χ4n) is 4.53. The van der Waals surface area contributed by atoms with E-state index in [2.05, 4.69) is 24.3 Å². The van der Waals surface area contributed by atoms with Gasteiger partial charge in [0.25, 0.3) is 0 Å². The van der Waals surface area contributed by atoms with E-state index in [1.165, 1.54) is 0 Å². The summed E-state index contributed by atoms with van der Waals surface area (Å²) in [5.74, 6) is 0.642. The summed E-state index contributed by atoms with van der Waals surface area (Å²) in [4.78, 5) is 24.7. The molecule has 0 atom stereocenters. The van der Waals surface area contributed by atoms with Crippen LogP contribution in [0.25, 0.3) is 32.7 Å². The lowest BCUT2D eigenvalue weighted by Crippen LogP contribution is -2.24. The van der Waals surface area contributed by atoms with Crippen LogP contribution in [0.3, 0.4) is 0 Å². The highest BCUT2D eigenvalue weighted by molar-refractivity contribution is 6.09. The van der Waals surface area contributed by atoms with Crippen LogP contribution in [0.5, 0.6) is 11.5 Å². The molecule has 6 nitrogen and oxygen atoms in total. The fourth-order valence-corrected chi connectivity index (χ4v) is 4.53. The highest BCUT2D eigenvalue weighted by Crippen LogP contribution is 2.45. The molecule has 4 aromatic carbocycles. The Hall–Kier alpha value is -4.06. The number of hydrogen-bond acceptors (Lipinski definition) is 6. The number of carbonyl (C=O) groups excluding carboxylic acids is 2. The van der Waals surface area contributed by atoms with Gasteiger partial charge in [0.05, 0.1) is 26.1 Å². The summed E-state index contributed by atoms with van der Waals surface area (Å²) >= 11 is 0. The first-order valence-electron chi connectivity index (χ1n) is 13.6. The Balaban J connectivity index is 1.73. The van der Waals surface area contributed by atoms with E-state index in [0.717, 1.165) is 32.7 Å². The molecular weight excluding hydrogens is 504 g/mol. The summed E-state index contributed by atoms with van der Waals surface area (Å²) < 4.78 is 23.4. The van der Waals surface area contributed by atoms with Gasteiger partial charge in [0.2, 0.25) is 0 Å². The first-order chi connectivity index (χ1) is 18.9. The third-order valence-corrected chi connectivity index (χ3v) is 6.00. The average Bonchev–Trinajstić information content (AvgIpc) is 2.86. The lowest BCUT2D eigenvalue weighted by Gasteiger charge is -2.21. The van der Waals surface area contributed by atoms with Crippen molar-refractivity contribution < 1.29 is 28.5 Å². The number of ether oxygens (including phenoxy) is 4. The predicted molar refractivity (Wildman–Crippen MR) is 159 cm³/mol. The van der Waals surface area contributed by atoms with Gasteiger partial charge in [-0.05, 0) is 75.2 Å². The Bertz CT molecular complexity index is 1390. The highest BCUT2D eigenvalue weighted by Gasteiger charge is 2.21. The maximum absolute atomic E-state index is 12.3. The smallest absolute Gasteiger partial charge is 0.309 e. The van der Waals surface area contributed by atoms with E-state index in [1.54, 1.807) is 0 Å². The Kier molecular flexibility index (Phi) is 8.67. The molecule has 4 rings (SSSR count). The monoisotopic (exact) mass is 542 g/mol. The minimum Gasteiger partial charge on any atom is -0.492 e. The Morgan fingerprint density at radius 1 is 0.550 bits per heavy atom. The molecule has 6 heteroatoms. The number of hydrogen-bond donors (Lipinski definition) is 0. The van der Waals surface area contributed by atoms with Gasteiger partial charge in [-0.3, -0.25) is 9.59 Å². The van der Waals surface area contributed by atoms with Crippen LogP contribution in [0.2, 0.25) is 0 Å². The zero-order chi connectivity index (χ0) is 28.9. The Morgan fingerprint density at radius 3 is 1.30 bits per heavy atom. The highest BCUT2D eigenvalue weighted by atomic mass is 16.6. The number of benzene rings is 4.